The van der Waals surface area contributed by atoms with Crippen LogP contribution < -0.4 is 0 Å². The number of hydrogen-bond donors (Lipinski definition) is 1. The molecule has 86 valence electrons. The first-order valence-electron chi connectivity index (χ1n) is 5.72. The van der Waals surface area contributed by atoms with Crippen LogP contribution in [-0.4, -0.2) is 5.11 Å². The lowest BCUT2D eigenvalue weighted by atomic mass is 9.99. The average Bonchev–Trinajstić information content (AvgIpc) is 2.26. The van der Waals surface area contributed by atoms with Gasteiger partial charge < -0.3 is 5.11 Å². The quantitative estimate of drug-likeness (QED) is 0.756. The number of rotatable bonds is 4. The molecule has 1 aromatic carbocycles. The Hall–Kier alpha value is -1.50. The highest BCUT2D eigenvalue weighted by atomic mass is 16.3. The average molecular weight is 216 g/mol. The maximum absolute atomic E-state index is 9.82. The SMILES string of the molecule is CC=CCc1cc(CC=CC)c(O)cc1C. The minimum Gasteiger partial charge on any atom is -0.508 e. The van der Waals surface area contributed by atoms with Gasteiger partial charge >= 0.3 is 0 Å². The number of aryl methyl sites for hydroxylation is 1. The van der Waals surface area contributed by atoms with Gasteiger partial charge in [-0.05, 0) is 56.4 Å². The van der Waals surface area contributed by atoms with E-state index in [1.165, 1.54) is 5.56 Å². The van der Waals surface area contributed by atoms with Crippen molar-refractivity contribution in [3.63, 3.8) is 0 Å². The Morgan fingerprint density at radius 1 is 1.00 bits per heavy atom. The maximum Gasteiger partial charge on any atom is 0.119 e. The minimum atomic E-state index is 0.403. The second-order valence-electron chi connectivity index (χ2n) is 3.95. The van der Waals surface area contributed by atoms with E-state index < -0.39 is 0 Å². The van der Waals surface area contributed by atoms with Crippen LogP contribution in [0.2, 0.25) is 0 Å². The van der Waals surface area contributed by atoms with E-state index in [-0.39, 0.29) is 0 Å². The molecule has 0 bridgehead atoms. The second kappa shape index (κ2) is 6.16. The van der Waals surface area contributed by atoms with Crippen LogP contribution in [0, 0.1) is 6.92 Å². The zero-order valence-corrected chi connectivity index (χ0v) is 10.3. The normalized spacial score (nSPS) is 11.7. The Bertz CT molecular complexity index is 365. The summed E-state index contributed by atoms with van der Waals surface area (Å²) in [6.07, 6.45) is 9.99. The highest BCUT2D eigenvalue weighted by Gasteiger charge is 2.04. The fourth-order valence-electron chi connectivity index (χ4n) is 1.66. The largest absolute Gasteiger partial charge is 0.508 e. The molecule has 16 heavy (non-hydrogen) atoms. The van der Waals surface area contributed by atoms with Crippen molar-refractivity contribution >= 4 is 0 Å². The number of hydrogen-bond acceptors (Lipinski definition) is 1. The number of benzene rings is 1. The molecule has 0 saturated carbocycles. The Morgan fingerprint density at radius 3 is 2.12 bits per heavy atom. The van der Waals surface area contributed by atoms with Crippen LogP contribution in [-0.2, 0) is 12.8 Å². The summed E-state index contributed by atoms with van der Waals surface area (Å²) in [6.45, 7) is 6.06. The third-order valence-electron chi connectivity index (χ3n) is 2.68. The molecule has 0 aliphatic heterocycles. The molecular formula is C15H20O. The molecule has 0 unspecified atom stereocenters. The molecule has 1 rings (SSSR count). The fourth-order valence-corrected chi connectivity index (χ4v) is 1.66. The summed E-state index contributed by atoms with van der Waals surface area (Å²) in [5, 5.41) is 9.82. The van der Waals surface area contributed by atoms with Crippen molar-refractivity contribution in [1.82, 2.24) is 0 Å². The number of aromatic hydroxyl groups is 1. The number of phenols is 1. The van der Waals surface area contributed by atoms with Gasteiger partial charge in [-0.15, -0.1) is 0 Å². The monoisotopic (exact) mass is 216 g/mol. The topological polar surface area (TPSA) is 20.2 Å². The van der Waals surface area contributed by atoms with Gasteiger partial charge in [-0.2, -0.15) is 0 Å². The van der Waals surface area contributed by atoms with Gasteiger partial charge in [0, 0.05) is 0 Å². The molecule has 0 atom stereocenters. The van der Waals surface area contributed by atoms with E-state index in [0.29, 0.717) is 5.75 Å². The van der Waals surface area contributed by atoms with Crippen molar-refractivity contribution in [2.75, 3.05) is 0 Å². The zero-order chi connectivity index (χ0) is 12.0. The van der Waals surface area contributed by atoms with E-state index in [1.807, 2.05) is 32.9 Å². The Kier molecular flexibility index (Phi) is 4.84. The minimum absolute atomic E-state index is 0.403. The van der Waals surface area contributed by atoms with Crippen LogP contribution >= 0.6 is 0 Å². The van der Waals surface area contributed by atoms with Crippen LogP contribution in [0.25, 0.3) is 0 Å². The molecule has 1 N–H and O–H groups in total. The standard InChI is InChI=1S/C15H20O/c1-4-6-8-13-11-14(9-7-5-2)15(16)10-12(13)3/h4-7,10-11,16H,8-9H2,1-3H3. The van der Waals surface area contributed by atoms with Gasteiger partial charge in [0.25, 0.3) is 0 Å². The molecule has 0 radical (unpaired) electrons. The van der Waals surface area contributed by atoms with Crippen molar-refractivity contribution in [3.8, 4) is 5.75 Å². The van der Waals surface area contributed by atoms with Crippen LogP contribution in [0.4, 0.5) is 0 Å². The summed E-state index contributed by atoms with van der Waals surface area (Å²) in [5.74, 6) is 0.403. The van der Waals surface area contributed by atoms with E-state index in [2.05, 4.69) is 24.3 Å². The molecule has 0 amide bonds. The summed E-state index contributed by atoms with van der Waals surface area (Å²) >= 11 is 0. The lowest BCUT2D eigenvalue weighted by molar-refractivity contribution is 0.469. The molecule has 0 fully saturated rings. The van der Waals surface area contributed by atoms with E-state index in [4.69, 9.17) is 0 Å². The first kappa shape index (κ1) is 12.6. The molecule has 0 heterocycles. The summed E-state index contributed by atoms with van der Waals surface area (Å²) < 4.78 is 0. The van der Waals surface area contributed by atoms with E-state index in [9.17, 15) is 5.11 Å². The Labute approximate surface area is 98.1 Å². The first-order valence-corrected chi connectivity index (χ1v) is 5.72. The summed E-state index contributed by atoms with van der Waals surface area (Å²) in [6, 6.07) is 3.96. The molecule has 1 heteroatoms. The molecule has 0 saturated heterocycles. The lowest BCUT2D eigenvalue weighted by Crippen LogP contribution is -1.92. The molecule has 0 aliphatic carbocycles. The van der Waals surface area contributed by atoms with Crippen molar-refractivity contribution in [2.24, 2.45) is 0 Å². The molecular weight excluding hydrogens is 196 g/mol. The smallest absolute Gasteiger partial charge is 0.119 e. The highest BCUT2D eigenvalue weighted by molar-refractivity contribution is 5.43. The van der Waals surface area contributed by atoms with Gasteiger partial charge in [-0.25, -0.2) is 0 Å². The van der Waals surface area contributed by atoms with Gasteiger partial charge in [0.2, 0.25) is 0 Å². The predicted octanol–water partition coefficient (Wildman–Crippen LogP) is 3.94. The Morgan fingerprint density at radius 2 is 1.56 bits per heavy atom. The van der Waals surface area contributed by atoms with Crippen LogP contribution in [0.5, 0.6) is 5.75 Å². The highest BCUT2D eigenvalue weighted by Crippen LogP contribution is 2.23. The molecule has 0 aliphatic rings. The van der Waals surface area contributed by atoms with E-state index >= 15 is 0 Å². The Balaban J connectivity index is 3.00. The van der Waals surface area contributed by atoms with E-state index in [0.717, 1.165) is 24.0 Å². The van der Waals surface area contributed by atoms with Crippen LogP contribution in [0.3, 0.4) is 0 Å². The fraction of sp³-hybridized carbons (Fsp3) is 0.333. The van der Waals surface area contributed by atoms with Crippen molar-refractivity contribution in [2.45, 2.75) is 33.6 Å². The van der Waals surface area contributed by atoms with Gasteiger partial charge in [0.1, 0.15) is 5.75 Å². The lowest BCUT2D eigenvalue weighted by Gasteiger charge is -2.08. The zero-order valence-electron chi connectivity index (χ0n) is 10.3. The van der Waals surface area contributed by atoms with Crippen molar-refractivity contribution in [3.05, 3.63) is 53.1 Å². The van der Waals surface area contributed by atoms with Crippen molar-refractivity contribution < 1.29 is 5.11 Å². The summed E-state index contributed by atoms with van der Waals surface area (Å²) in [7, 11) is 0. The van der Waals surface area contributed by atoms with Gasteiger partial charge in [0.15, 0.2) is 0 Å². The third-order valence-corrected chi connectivity index (χ3v) is 2.68. The van der Waals surface area contributed by atoms with Gasteiger partial charge in [-0.3, -0.25) is 0 Å². The van der Waals surface area contributed by atoms with Gasteiger partial charge in [-0.1, -0.05) is 30.4 Å². The predicted molar refractivity (Wildman–Crippen MR) is 69.9 cm³/mol. The van der Waals surface area contributed by atoms with Crippen LogP contribution in [0.1, 0.15) is 30.5 Å². The second-order valence-corrected chi connectivity index (χ2v) is 3.95. The van der Waals surface area contributed by atoms with E-state index in [1.54, 1.807) is 0 Å². The number of allylic oxidation sites excluding steroid dienone is 4. The summed E-state index contributed by atoms with van der Waals surface area (Å²) in [5.41, 5.74) is 3.44. The maximum atomic E-state index is 9.82. The van der Waals surface area contributed by atoms with Crippen molar-refractivity contribution in [1.29, 1.82) is 0 Å². The molecule has 0 spiro atoms. The molecule has 1 nitrogen and oxygen atoms in total. The molecule has 1 aromatic rings. The molecule has 0 aromatic heterocycles. The van der Waals surface area contributed by atoms with Crippen LogP contribution in [0.15, 0.2) is 36.4 Å². The first-order chi connectivity index (χ1) is 7.69. The van der Waals surface area contributed by atoms with Gasteiger partial charge in [0.05, 0.1) is 0 Å². The third kappa shape index (κ3) is 3.27. The summed E-state index contributed by atoms with van der Waals surface area (Å²) in [4.78, 5) is 0. The number of phenolic OH excluding ortho intramolecular Hbond substituents is 1.